The van der Waals surface area contributed by atoms with Crippen molar-refractivity contribution in [1.29, 1.82) is 10.5 Å². The molecule has 0 radical (unpaired) electrons. The highest BCUT2D eigenvalue weighted by Crippen LogP contribution is 2.44. The summed E-state index contributed by atoms with van der Waals surface area (Å²) in [6.45, 7) is 7.37. The fraction of sp³-hybridized carbons (Fsp3) is 0.207. The molecule has 13 heterocycles. The monoisotopic (exact) mass is 1790 g/mol. The molecule has 0 atom stereocenters. The van der Waals surface area contributed by atoms with Crippen LogP contribution in [0.2, 0.25) is 0 Å². The lowest BCUT2D eigenvalue weighted by Gasteiger charge is -2.17. The van der Waals surface area contributed by atoms with Gasteiger partial charge in [0.05, 0.1) is 113 Å². The van der Waals surface area contributed by atoms with Crippen LogP contribution in [0.5, 0.6) is 23.0 Å². The van der Waals surface area contributed by atoms with Gasteiger partial charge in [0.1, 0.15) is 83.7 Å². The molecule has 0 spiro atoms. The third kappa shape index (κ3) is 22.1. The molecule has 672 valence electrons. The van der Waals surface area contributed by atoms with Gasteiger partial charge in [-0.1, -0.05) is 51.1 Å². The number of ether oxygens (including phenoxy) is 4. The number of nitriles is 2. The van der Waals surface area contributed by atoms with Gasteiger partial charge in [-0.25, -0.2) is 59.8 Å². The number of methoxy groups -OCH3 is 4. The SMILES string of the molecule is CCC(=O)c1cnc(Nc2cc(C)n(C)n2)cc1Nc1cccc(-c2ncn(C)n2)c1OC.CCC(=O)c1cnc(Nc2cccc(C#N)n2)cc1Nc1cccc(-c2ncn(C)n2)c1OC.CCC(=O)c1cnc(Nc2cccc(C#N)n2)cc1Nc1nccc(-c2ncn(C)n2)c1OC.COc1c(Nc2cc(Nc3ncc[nH]3)ncc2C(=O)C2CC2)cccc1-c1ncn(C)n1. The molecule has 1 aliphatic carbocycles. The average Bonchev–Trinajstić information content (AvgIpc) is 1.75. The Kier molecular flexibility index (Phi) is 28.8. The number of pyridine rings is 7. The molecule has 3 aromatic carbocycles. The van der Waals surface area contributed by atoms with Gasteiger partial charge < -0.3 is 66.5 Å². The lowest BCUT2D eigenvalue weighted by Crippen LogP contribution is -2.08. The number of Topliss-reactive ketones (excluding diaryl/α,β-unsaturated/α-hetero) is 4. The molecule has 16 aromatic rings. The summed E-state index contributed by atoms with van der Waals surface area (Å²) in [6.07, 6.45) is 20.4. The van der Waals surface area contributed by atoms with E-state index in [0.717, 1.165) is 29.7 Å². The summed E-state index contributed by atoms with van der Waals surface area (Å²) >= 11 is 0. The molecule has 0 bridgehead atoms. The quantitative estimate of drug-likeness (QED) is 0.0177. The molecule has 41 heteroatoms. The van der Waals surface area contributed by atoms with Crippen LogP contribution in [-0.2, 0) is 35.2 Å². The second-order valence-corrected chi connectivity index (χ2v) is 29.6. The molecule has 0 unspecified atom stereocenters. The number of aryl methyl sites for hydroxylation is 6. The van der Waals surface area contributed by atoms with Crippen LogP contribution in [0.3, 0.4) is 0 Å². The van der Waals surface area contributed by atoms with Crippen LogP contribution in [0.4, 0.5) is 92.3 Å². The second-order valence-electron chi connectivity index (χ2n) is 29.6. The highest BCUT2D eigenvalue weighted by Gasteiger charge is 2.33. The average molecular weight is 1790 g/mol. The maximum atomic E-state index is 12.9. The Morgan fingerprint density at radius 1 is 0.391 bits per heavy atom. The van der Waals surface area contributed by atoms with Crippen LogP contribution in [-0.4, -0.2) is 165 Å². The van der Waals surface area contributed by atoms with Crippen LogP contribution >= 0.6 is 0 Å². The number of nitrogens with one attached hydrogen (secondary N) is 9. The lowest BCUT2D eigenvalue weighted by molar-refractivity contribution is 0.0963. The number of nitrogens with zero attached hydrogens (tertiary/aromatic N) is 24. The number of carbonyl (C=O) groups excluding carboxylic acids is 4. The van der Waals surface area contributed by atoms with E-state index in [0.29, 0.717) is 191 Å². The summed E-state index contributed by atoms with van der Waals surface area (Å²) in [6, 6.07) is 41.7. The van der Waals surface area contributed by atoms with Crippen LogP contribution < -0.4 is 61.5 Å². The van der Waals surface area contributed by atoms with Gasteiger partial charge in [-0.2, -0.15) is 36.0 Å². The Bertz CT molecular complexity index is 6770. The Morgan fingerprint density at radius 3 is 1.11 bits per heavy atom. The van der Waals surface area contributed by atoms with Crippen molar-refractivity contribution in [2.24, 2.45) is 41.2 Å². The minimum atomic E-state index is -0.0901. The summed E-state index contributed by atoms with van der Waals surface area (Å²) in [5.41, 5.74) is 10.6. The number of aromatic nitrogens is 23. The Labute approximate surface area is 762 Å². The van der Waals surface area contributed by atoms with Crippen LogP contribution in [0.25, 0.3) is 45.6 Å². The zero-order chi connectivity index (χ0) is 93.8. The molecule has 1 aliphatic rings. The van der Waals surface area contributed by atoms with Crippen molar-refractivity contribution < 1.29 is 38.1 Å². The normalized spacial score (nSPS) is 11.2. The van der Waals surface area contributed by atoms with Crippen molar-refractivity contribution in [3.05, 3.63) is 235 Å². The fourth-order valence-corrected chi connectivity index (χ4v) is 13.5. The van der Waals surface area contributed by atoms with Crippen molar-refractivity contribution in [3.63, 3.8) is 0 Å². The summed E-state index contributed by atoms with van der Waals surface area (Å²) < 4.78 is 31.0. The molecule has 9 N–H and O–H groups in total. The molecule has 0 amide bonds. The van der Waals surface area contributed by atoms with Crippen molar-refractivity contribution in [3.8, 4) is 80.7 Å². The van der Waals surface area contributed by atoms with Crippen molar-refractivity contribution in [1.82, 2.24) is 114 Å². The largest absolute Gasteiger partial charge is 0.494 e. The summed E-state index contributed by atoms with van der Waals surface area (Å²) in [4.78, 5) is 106. The van der Waals surface area contributed by atoms with E-state index in [9.17, 15) is 19.2 Å². The van der Waals surface area contributed by atoms with Gasteiger partial charge >= 0.3 is 0 Å². The van der Waals surface area contributed by atoms with Gasteiger partial charge in [0.2, 0.25) is 5.95 Å². The number of hydrogen-bond donors (Lipinski definition) is 9. The summed E-state index contributed by atoms with van der Waals surface area (Å²) in [5, 5.41) is 65.7. The smallest absolute Gasteiger partial charge is 0.205 e. The molecular weight excluding hydrogens is 1700 g/mol. The van der Waals surface area contributed by atoms with Crippen LogP contribution in [0.1, 0.15) is 111 Å². The van der Waals surface area contributed by atoms with Crippen molar-refractivity contribution >= 4 is 115 Å². The van der Waals surface area contributed by atoms with Gasteiger partial charge in [-0.3, -0.25) is 42.6 Å². The number of imidazole rings is 1. The van der Waals surface area contributed by atoms with Crippen LogP contribution in [0.15, 0.2) is 196 Å². The summed E-state index contributed by atoms with van der Waals surface area (Å²) in [7, 11) is 15.3. The first-order chi connectivity index (χ1) is 64.5. The van der Waals surface area contributed by atoms with E-state index >= 15 is 0 Å². The molecule has 13 aromatic heterocycles. The molecular formula is C92H91N33O8. The van der Waals surface area contributed by atoms with Gasteiger partial charge in [-0.15, -0.1) is 0 Å². The van der Waals surface area contributed by atoms with E-state index in [2.05, 4.69) is 133 Å². The highest BCUT2D eigenvalue weighted by molar-refractivity contribution is 6.06. The maximum Gasteiger partial charge on any atom is 0.205 e. The van der Waals surface area contributed by atoms with E-state index in [4.69, 9.17) is 29.5 Å². The molecule has 0 aliphatic heterocycles. The lowest BCUT2D eigenvalue weighted by atomic mass is 10.1. The number of para-hydroxylation sites is 3. The third-order valence-electron chi connectivity index (χ3n) is 20.2. The highest BCUT2D eigenvalue weighted by atomic mass is 16.5. The zero-order valence-corrected chi connectivity index (χ0v) is 74.6. The topological polar surface area (TPSA) is 509 Å². The fourth-order valence-electron chi connectivity index (χ4n) is 13.5. The van der Waals surface area contributed by atoms with Gasteiger partial charge in [-0.05, 0) is 86.5 Å². The number of ketones is 4. The van der Waals surface area contributed by atoms with E-state index in [1.165, 1.54) is 19.5 Å². The van der Waals surface area contributed by atoms with E-state index < -0.39 is 0 Å². The molecule has 17 rings (SSSR count). The molecule has 133 heavy (non-hydrogen) atoms. The van der Waals surface area contributed by atoms with Gasteiger partial charge in [0.15, 0.2) is 81.1 Å². The van der Waals surface area contributed by atoms with Crippen LogP contribution in [0, 0.1) is 35.5 Å². The Hall–Kier alpha value is -18.0. The van der Waals surface area contributed by atoms with Crippen molar-refractivity contribution in [2.75, 3.05) is 71.0 Å². The molecule has 0 saturated heterocycles. The molecule has 1 fully saturated rings. The Balaban J connectivity index is 0.000000142. The number of carbonyl (C=O) groups is 4. The minimum absolute atomic E-state index is 0.0215. The molecule has 41 nitrogen and oxygen atoms in total. The van der Waals surface area contributed by atoms with E-state index in [1.807, 2.05) is 108 Å². The van der Waals surface area contributed by atoms with E-state index in [-0.39, 0.29) is 40.4 Å². The number of anilines is 16. The zero-order valence-electron chi connectivity index (χ0n) is 74.6. The number of benzene rings is 3. The van der Waals surface area contributed by atoms with Gasteiger partial charge in [0.25, 0.3) is 0 Å². The second kappa shape index (κ2) is 42.0. The van der Waals surface area contributed by atoms with E-state index in [1.54, 1.807) is 196 Å². The number of H-pyrrole nitrogens is 1. The Morgan fingerprint density at radius 2 is 0.759 bits per heavy atom. The number of hydrogen-bond acceptors (Lipinski definition) is 35. The standard InChI is InChI=1S/C24H22N8O2.C23H21N9O2.C23H26N8O2.C22H22N8O2/c1-4-20(33)17-13-26-22(30-21-10-5-7-15(12-25)28-21)11-19(17)29-18-9-6-8-16(23(18)34-3)24-27-14-32(2)31-24;1-4-18(33)16-12-26-20(30-19-7-5-6-14(11-24)28-19)10-17(16)29-23-21(34-3)15(8-9-25-23)22-27-13-32(2)31-22;1-6-19(32)16-12-24-20(27-21-10-14(2)31(4)28-21)11-18(16)26-17-9-7-8-15(22(17)33-5)23-25-13-30(3)29-23;1-30-12-26-21(29-30)14-4-3-5-16(20(14)32-2)27-17-10-18(28-22-23-8-9-24-22)25-11-15(17)19(31)13-6-7-13/h5-11,13-14H,4H2,1-3H3,(H2,26,28,29,30);5-10,12-13H,4H2,1-3H3,(H2,25,26,28,29,30);7-13H,6H2,1-5H3,(H2,24,26,27,28);3-5,8-13H,6-7H2,1-2H3,(H3,23,24,25,27,28). The third-order valence-corrected chi connectivity index (χ3v) is 20.2. The van der Waals surface area contributed by atoms with Crippen molar-refractivity contribution in [2.45, 2.75) is 59.8 Å². The number of rotatable bonds is 32. The predicted octanol–water partition coefficient (Wildman–Crippen LogP) is 15.6. The minimum Gasteiger partial charge on any atom is -0.494 e. The number of aromatic amines is 1. The predicted molar refractivity (Wildman–Crippen MR) is 498 cm³/mol. The summed E-state index contributed by atoms with van der Waals surface area (Å²) in [5.74, 6) is 8.74. The first-order valence-electron chi connectivity index (χ1n) is 41.6. The first-order valence-corrected chi connectivity index (χ1v) is 41.6. The molecule has 1 saturated carbocycles. The maximum absolute atomic E-state index is 12.9. The first kappa shape index (κ1) is 91.2. The van der Waals surface area contributed by atoms with Gasteiger partial charge in [0, 0.05) is 140 Å².